The lowest BCUT2D eigenvalue weighted by atomic mass is 10.0. The summed E-state index contributed by atoms with van der Waals surface area (Å²) in [5.41, 5.74) is -0.950. The van der Waals surface area contributed by atoms with Gasteiger partial charge in [-0.2, -0.15) is 13.2 Å². The van der Waals surface area contributed by atoms with Crippen LogP contribution in [0.1, 0.15) is 17.5 Å². The topological polar surface area (TPSA) is 20.2 Å². The molecule has 0 aliphatic rings. The minimum absolute atomic E-state index is 0.0120. The summed E-state index contributed by atoms with van der Waals surface area (Å²) in [6.07, 6.45) is -4.23. The molecule has 0 radical (unpaired) electrons. The average Bonchev–Trinajstić information content (AvgIpc) is 2.14. The van der Waals surface area contributed by atoms with Gasteiger partial charge in [-0.1, -0.05) is 6.07 Å². The molecule has 84 valence electrons. The third-order valence-electron chi connectivity index (χ3n) is 1.98. The molecule has 0 saturated carbocycles. The first-order chi connectivity index (χ1) is 6.95. The number of hydrogen-bond donors (Lipinski definition) is 1. The monoisotopic (exact) mass is 222 g/mol. The van der Waals surface area contributed by atoms with Crippen molar-refractivity contribution in [2.45, 2.75) is 19.0 Å². The number of rotatable bonds is 3. The minimum atomic E-state index is -4.55. The number of halogens is 4. The van der Waals surface area contributed by atoms with Crippen LogP contribution in [0.2, 0.25) is 0 Å². The Hall–Kier alpha value is -1.10. The zero-order valence-corrected chi connectivity index (χ0v) is 7.81. The van der Waals surface area contributed by atoms with E-state index in [0.29, 0.717) is 6.07 Å². The van der Waals surface area contributed by atoms with Crippen LogP contribution in [0.4, 0.5) is 17.6 Å². The maximum absolute atomic E-state index is 12.7. The number of alkyl halides is 3. The van der Waals surface area contributed by atoms with E-state index in [1.807, 2.05) is 0 Å². The Bertz CT molecular complexity index is 333. The Balaban J connectivity index is 3.04. The zero-order chi connectivity index (χ0) is 11.5. The van der Waals surface area contributed by atoms with Crippen molar-refractivity contribution < 1.29 is 22.7 Å². The third-order valence-corrected chi connectivity index (χ3v) is 1.98. The van der Waals surface area contributed by atoms with Crippen LogP contribution in [0.3, 0.4) is 0 Å². The normalized spacial score (nSPS) is 11.8. The first-order valence-electron chi connectivity index (χ1n) is 4.41. The summed E-state index contributed by atoms with van der Waals surface area (Å²) in [4.78, 5) is 0. The summed E-state index contributed by atoms with van der Waals surface area (Å²) < 4.78 is 49.9. The fourth-order valence-corrected chi connectivity index (χ4v) is 1.30. The number of aliphatic hydroxyl groups excluding tert-OH is 1. The van der Waals surface area contributed by atoms with Crippen molar-refractivity contribution >= 4 is 0 Å². The van der Waals surface area contributed by atoms with Gasteiger partial charge in [-0.05, 0) is 30.5 Å². The molecule has 15 heavy (non-hydrogen) atoms. The third kappa shape index (κ3) is 3.20. The van der Waals surface area contributed by atoms with Gasteiger partial charge in [-0.15, -0.1) is 0 Å². The van der Waals surface area contributed by atoms with Gasteiger partial charge in [0.1, 0.15) is 5.82 Å². The maximum Gasteiger partial charge on any atom is 0.416 e. The van der Waals surface area contributed by atoms with Crippen molar-refractivity contribution in [1.82, 2.24) is 0 Å². The molecule has 1 aromatic carbocycles. The van der Waals surface area contributed by atoms with Crippen LogP contribution in [-0.4, -0.2) is 11.7 Å². The van der Waals surface area contributed by atoms with Crippen LogP contribution in [0.25, 0.3) is 0 Å². The van der Waals surface area contributed by atoms with E-state index in [9.17, 15) is 17.6 Å². The van der Waals surface area contributed by atoms with Gasteiger partial charge < -0.3 is 5.11 Å². The first-order valence-corrected chi connectivity index (χ1v) is 4.41. The van der Waals surface area contributed by atoms with Crippen LogP contribution in [-0.2, 0) is 12.6 Å². The van der Waals surface area contributed by atoms with Gasteiger partial charge in [0, 0.05) is 6.61 Å². The molecule has 0 aromatic heterocycles. The van der Waals surface area contributed by atoms with Gasteiger partial charge in [0.25, 0.3) is 0 Å². The Morgan fingerprint density at radius 1 is 1.20 bits per heavy atom. The van der Waals surface area contributed by atoms with Gasteiger partial charge in [0.15, 0.2) is 0 Å². The number of aryl methyl sites for hydroxylation is 1. The molecule has 1 aromatic rings. The molecule has 0 atom stereocenters. The Labute approximate surface area is 84.3 Å². The average molecular weight is 222 g/mol. The van der Waals surface area contributed by atoms with E-state index < -0.39 is 17.6 Å². The minimum Gasteiger partial charge on any atom is -0.396 e. The highest BCUT2D eigenvalue weighted by Gasteiger charge is 2.33. The smallest absolute Gasteiger partial charge is 0.396 e. The highest BCUT2D eigenvalue weighted by molar-refractivity contribution is 5.30. The fraction of sp³-hybridized carbons (Fsp3) is 0.400. The highest BCUT2D eigenvalue weighted by atomic mass is 19.4. The molecule has 1 N–H and O–H groups in total. The van der Waals surface area contributed by atoms with Gasteiger partial charge in [-0.3, -0.25) is 0 Å². The Morgan fingerprint density at radius 3 is 2.40 bits per heavy atom. The van der Waals surface area contributed by atoms with Gasteiger partial charge in [0.05, 0.1) is 5.56 Å². The molecule has 0 heterocycles. The van der Waals surface area contributed by atoms with Crippen molar-refractivity contribution in [2.24, 2.45) is 0 Å². The molecule has 1 nitrogen and oxygen atoms in total. The predicted octanol–water partition coefficient (Wildman–Crippen LogP) is 2.77. The summed E-state index contributed by atoms with van der Waals surface area (Å²) in [7, 11) is 0. The quantitative estimate of drug-likeness (QED) is 0.779. The van der Waals surface area contributed by atoms with E-state index in [2.05, 4.69) is 0 Å². The van der Waals surface area contributed by atoms with Crippen LogP contribution < -0.4 is 0 Å². The SMILES string of the molecule is OCCCc1ccc(F)cc1C(F)(F)F. The Morgan fingerprint density at radius 2 is 1.87 bits per heavy atom. The molecule has 0 aliphatic heterocycles. The number of hydrogen-bond acceptors (Lipinski definition) is 1. The molecule has 0 aliphatic carbocycles. The van der Waals surface area contributed by atoms with E-state index in [0.717, 1.165) is 12.1 Å². The van der Waals surface area contributed by atoms with E-state index in [1.54, 1.807) is 0 Å². The van der Waals surface area contributed by atoms with E-state index >= 15 is 0 Å². The summed E-state index contributed by atoms with van der Waals surface area (Å²) in [5.74, 6) is -0.907. The van der Waals surface area contributed by atoms with E-state index in [1.165, 1.54) is 0 Å². The Kier molecular flexibility index (Phi) is 3.68. The zero-order valence-electron chi connectivity index (χ0n) is 7.81. The van der Waals surface area contributed by atoms with E-state index in [4.69, 9.17) is 5.11 Å². The van der Waals surface area contributed by atoms with Gasteiger partial charge >= 0.3 is 6.18 Å². The molecular weight excluding hydrogens is 212 g/mol. The van der Waals surface area contributed by atoms with Crippen molar-refractivity contribution in [3.05, 3.63) is 35.1 Å². The summed E-state index contributed by atoms with van der Waals surface area (Å²) in [5, 5.41) is 8.52. The first kappa shape index (κ1) is 12.0. The van der Waals surface area contributed by atoms with E-state index in [-0.39, 0.29) is 25.0 Å². The molecule has 0 unspecified atom stereocenters. The maximum atomic E-state index is 12.7. The summed E-state index contributed by atoms with van der Waals surface area (Å²) in [6.45, 7) is -0.186. The van der Waals surface area contributed by atoms with Crippen molar-refractivity contribution in [3.8, 4) is 0 Å². The standard InChI is InChI=1S/C10H10F4O/c11-8-4-3-7(2-1-5-15)9(6-8)10(12,13)14/h3-4,6,15H,1-2,5H2. The van der Waals surface area contributed by atoms with Crippen LogP contribution >= 0.6 is 0 Å². The second-order valence-corrected chi connectivity index (χ2v) is 3.13. The lowest BCUT2D eigenvalue weighted by Crippen LogP contribution is -2.10. The highest BCUT2D eigenvalue weighted by Crippen LogP contribution is 2.32. The molecule has 0 spiro atoms. The summed E-state index contributed by atoms with van der Waals surface area (Å²) >= 11 is 0. The lowest BCUT2D eigenvalue weighted by molar-refractivity contribution is -0.138. The van der Waals surface area contributed by atoms with Gasteiger partial charge in [0.2, 0.25) is 0 Å². The molecular formula is C10H10F4O. The second kappa shape index (κ2) is 4.61. The van der Waals surface area contributed by atoms with Crippen molar-refractivity contribution in [3.63, 3.8) is 0 Å². The number of benzene rings is 1. The van der Waals surface area contributed by atoms with Crippen molar-refractivity contribution in [2.75, 3.05) is 6.61 Å². The fourth-order valence-electron chi connectivity index (χ4n) is 1.30. The molecule has 0 amide bonds. The predicted molar refractivity (Wildman–Crippen MR) is 46.8 cm³/mol. The molecule has 1 rings (SSSR count). The molecule has 5 heteroatoms. The van der Waals surface area contributed by atoms with Crippen LogP contribution in [0.15, 0.2) is 18.2 Å². The van der Waals surface area contributed by atoms with Crippen LogP contribution in [0.5, 0.6) is 0 Å². The molecule has 0 saturated heterocycles. The summed E-state index contributed by atoms with van der Waals surface area (Å²) in [6, 6.07) is 2.57. The van der Waals surface area contributed by atoms with Crippen molar-refractivity contribution in [1.29, 1.82) is 0 Å². The van der Waals surface area contributed by atoms with Gasteiger partial charge in [-0.25, -0.2) is 4.39 Å². The lowest BCUT2D eigenvalue weighted by Gasteiger charge is -2.12. The molecule has 0 bridgehead atoms. The second-order valence-electron chi connectivity index (χ2n) is 3.13. The largest absolute Gasteiger partial charge is 0.416 e. The molecule has 0 fully saturated rings. The van der Waals surface area contributed by atoms with Crippen LogP contribution in [0, 0.1) is 5.82 Å². The number of aliphatic hydroxyl groups is 1.